The van der Waals surface area contributed by atoms with Crippen molar-refractivity contribution in [2.24, 2.45) is 0 Å². The van der Waals surface area contributed by atoms with E-state index in [1.165, 1.54) is 0 Å². The molecule has 1 aromatic carbocycles. The molecule has 0 aromatic heterocycles. The molecule has 1 N–H and O–H groups in total. The number of carbonyl (C=O) groups excluding carboxylic acids is 1. The fraction of sp³-hybridized carbons (Fsp3) is 0.250. The first kappa shape index (κ1) is 12.7. The third kappa shape index (κ3) is 3.15. The smallest absolute Gasteiger partial charge is 0.244 e. The Morgan fingerprint density at radius 3 is 2.41 bits per heavy atom. The van der Waals surface area contributed by atoms with Crippen LogP contribution in [0.1, 0.15) is 12.0 Å². The van der Waals surface area contributed by atoms with Crippen LogP contribution in [0, 0.1) is 0 Å². The van der Waals surface area contributed by atoms with Crippen LogP contribution in [0.2, 0.25) is 0 Å². The van der Waals surface area contributed by atoms with Gasteiger partial charge in [0, 0.05) is 6.08 Å². The summed E-state index contributed by atoms with van der Waals surface area (Å²) in [6.07, 6.45) is 2.05. The third-order valence-electron chi connectivity index (χ3n) is 2.59. The number of alkyl halides is 3. The van der Waals surface area contributed by atoms with Crippen LogP contribution in [0.15, 0.2) is 36.4 Å². The van der Waals surface area contributed by atoms with Crippen LogP contribution in [-0.2, 0) is 4.79 Å². The summed E-state index contributed by atoms with van der Waals surface area (Å²) in [6, 6.07) is 9.10. The van der Waals surface area contributed by atoms with Crippen molar-refractivity contribution in [1.82, 2.24) is 5.32 Å². The summed E-state index contributed by atoms with van der Waals surface area (Å²) in [7, 11) is 0. The predicted octanol–water partition coefficient (Wildman–Crippen LogP) is 3.33. The van der Waals surface area contributed by atoms with E-state index in [9.17, 15) is 4.79 Å². The number of rotatable bonds is 1. The van der Waals surface area contributed by atoms with Gasteiger partial charge in [-0.25, -0.2) is 0 Å². The highest BCUT2D eigenvalue weighted by atomic mass is 35.6. The van der Waals surface area contributed by atoms with E-state index in [-0.39, 0.29) is 5.91 Å². The molecule has 17 heavy (non-hydrogen) atoms. The molecule has 5 heteroatoms. The van der Waals surface area contributed by atoms with Crippen molar-refractivity contribution in [2.45, 2.75) is 16.3 Å². The average molecular weight is 291 g/mol. The van der Waals surface area contributed by atoms with Crippen LogP contribution >= 0.6 is 34.8 Å². The highest BCUT2D eigenvalue weighted by Gasteiger charge is 2.36. The number of nitrogens with one attached hydrogen (secondary N) is 1. The van der Waals surface area contributed by atoms with Gasteiger partial charge in [0.15, 0.2) is 0 Å². The zero-order chi connectivity index (χ0) is 12.5. The van der Waals surface area contributed by atoms with Gasteiger partial charge < -0.3 is 5.32 Å². The molecule has 0 saturated carbocycles. The lowest BCUT2D eigenvalue weighted by atomic mass is 9.96. The van der Waals surface area contributed by atoms with E-state index < -0.39 is 9.83 Å². The second-order valence-corrected chi connectivity index (χ2v) is 6.21. The second kappa shape index (κ2) is 4.89. The summed E-state index contributed by atoms with van der Waals surface area (Å²) < 4.78 is -1.50. The molecule has 1 aliphatic rings. The lowest BCUT2D eigenvalue weighted by Gasteiger charge is -2.29. The Morgan fingerprint density at radius 2 is 1.82 bits per heavy atom. The Kier molecular flexibility index (Phi) is 3.67. The molecule has 2 nitrogen and oxygen atoms in total. The summed E-state index contributed by atoms with van der Waals surface area (Å²) in [5.74, 6) is -0.230. The molecule has 1 amide bonds. The van der Waals surface area contributed by atoms with Crippen LogP contribution < -0.4 is 5.32 Å². The number of halogens is 3. The van der Waals surface area contributed by atoms with Gasteiger partial charge in [-0.15, -0.1) is 0 Å². The molecule has 1 heterocycles. The molecule has 1 aliphatic heterocycles. The second-order valence-electron chi connectivity index (χ2n) is 3.84. The molecule has 1 aromatic rings. The lowest BCUT2D eigenvalue weighted by Crippen LogP contribution is -2.45. The summed E-state index contributed by atoms with van der Waals surface area (Å²) in [5, 5.41) is 2.64. The maximum Gasteiger partial charge on any atom is 0.244 e. The Morgan fingerprint density at radius 1 is 1.18 bits per heavy atom. The van der Waals surface area contributed by atoms with E-state index in [2.05, 4.69) is 5.32 Å². The van der Waals surface area contributed by atoms with Gasteiger partial charge in [0.25, 0.3) is 0 Å². The minimum Gasteiger partial charge on any atom is -0.345 e. The molecule has 1 atom stereocenters. The average Bonchev–Trinajstić information content (AvgIpc) is 2.28. The Hall–Kier alpha value is -0.700. The molecule has 0 radical (unpaired) electrons. The molecule has 2 rings (SSSR count). The fourth-order valence-electron chi connectivity index (χ4n) is 1.75. The molecule has 90 valence electrons. The first-order chi connectivity index (χ1) is 7.97. The third-order valence-corrected chi connectivity index (χ3v) is 3.38. The molecule has 0 spiro atoms. The highest BCUT2D eigenvalue weighted by molar-refractivity contribution is 6.68. The van der Waals surface area contributed by atoms with Gasteiger partial charge in [0.1, 0.15) is 0 Å². The minimum atomic E-state index is -1.50. The summed E-state index contributed by atoms with van der Waals surface area (Å²) in [4.78, 5) is 11.5. The van der Waals surface area contributed by atoms with Gasteiger partial charge in [-0.1, -0.05) is 65.1 Å². The molecular weight excluding hydrogens is 280 g/mol. The summed E-state index contributed by atoms with van der Waals surface area (Å²) in [6.45, 7) is 0. The monoisotopic (exact) mass is 289 g/mol. The molecule has 0 bridgehead atoms. The quantitative estimate of drug-likeness (QED) is 0.790. The zero-order valence-electron chi connectivity index (χ0n) is 8.79. The molecule has 0 aliphatic carbocycles. The van der Waals surface area contributed by atoms with Crippen LogP contribution in [0.5, 0.6) is 0 Å². The largest absolute Gasteiger partial charge is 0.345 e. The van der Waals surface area contributed by atoms with E-state index in [0.717, 1.165) is 11.1 Å². The van der Waals surface area contributed by atoms with Crippen molar-refractivity contribution in [3.8, 4) is 0 Å². The van der Waals surface area contributed by atoms with Gasteiger partial charge in [-0.2, -0.15) is 0 Å². The fourth-order valence-corrected chi connectivity index (χ4v) is 2.15. The number of benzene rings is 1. The molecule has 0 saturated heterocycles. The van der Waals surface area contributed by atoms with E-state index in [1.54, 1.807) is 6.08 Å². The van der Waals surface area contributed by atoms with Gasteiger partial charge >= 0.3 is 0 Å². The van der Waals surface area contributed by atoms with Crippen molar-refractivity contribution in [2.75, 3.05) is 0 Å². The van der Waals surface area contributed by atoms with E-state index in [0.29, 0.717) is 6.42 Å². The first-order valence-corrected chi connectivity index (χ1v) is 6.23. The number of amides is 1. The SMILES string of the molecule is O=C1C=C(c2ccccc2)C[C@@H](C(Cl)(Cl)Cl)N1. The lowest BCUT2D eigenvalue weighted by molar-refractivity contribution is -0.117. The van der Waals surface area contributed by atoms with Crippen molar-refractivity contribution < 1.29 is 4.79 Å². The number of hydrogen-bond donors (Lipinski definition) is 1. The van der Waals surface area contributed by atoms with E-state index >= 15 is 0 Å². The molecular formula is C12H10Cl3NO. The predicted molar refractivity (Wildman–Crippen MR) is 71.3 cm³/mol. The zero-order valence-corrected chi connectivity index (χ0v) is 11.1. The van der Waals surface area contributed by atoms with Gasteiger partial charge in [-0.3, -0.25) is 4.79 Å². The number of carbonyl (C=O) groups is 1. The van der Waals surface area contributed by atoms with Crippen molar-refractivity contribution >= 4 is 46.3 Å². The minimum absolute atomic E-state index is 0.230. The normalized spacial score (nSPS) is 20.8. The summed E-state index contributed by atoms with van der Waals surface area (Å²) >= 11 is 17.5. The molecule has 0 fully saturated rings. The first-order valence-electron chi connectivity index (χ1n) is 5.10. The van der Waals surface area contributed by atoms with Crippen molar-refractivity contribution in [3.63, 3.8) is 0 Å². The topological polar surface area (TPSA) is 29.1 Å². The Bertz CT molecular complexity index is 451. The molecule has 0 unspecified atom stereocenters. The van der Waals surface area contributed by atoms with Crippen molar-refractivity contribution in [3.05, 3.63) is 42.0 Å². The highest BCUT2D eigenvalue weighted by Crippen LogP contribution is 2.36. The van der Waals surface area contributed by atoms with Crippen LogP contribution in [0.3, 0.4) is 0 Å². The van der Waals surface area contributed by atoms with Crippen LogP contribution in [0.25, 0.3) is 5.57 Å². The standard InChI is InChI=1S/C12H10Cl3NO/c13-12(14,15)10-6-9(7-11(17)16-10)8-4-2-1-3-5-8/h1-5,7,10H,6H2,(H,16,17)/t10-/m0/s1. The van der Waals surface area contributed by atoms with E-state index in [4.69, 9.17) is 34.8 Å². The van der Waals surface area contributed by atoms with Crippen molar-refractivity contribution in [1.29, 1.82) is 0 Å². The van der Waals surface area contributed by atoms with Gasteiger partial charge in [0.05, 0.1) is 6.04 Å². The maximum atomic E-state index is 11.5. The maximum absolute atomic E-state index is 11.5. The Balaban J connectivity index is 2.28. The Labute approximate surface area is 115 Å². The van der Waals surface area contributed by atoms with Gasteiger partial charge in [-0.05, 0) is 17.6 Å². The van der Waals surface area contributed by atoms with Crippen LogP contribution in [0.4, 0.5) is 0 Å². The van der Waals surface area contributed by atoms with Gasteiger partial charge in [0.2, 0.25) is 9.70 Å². The van der Waals surface area contributed by atoms with Crippen LogP contribution in [-0.4, -0.2) is 15.7 Å². The number of hydrogen-bond acceptors (Lipinski definition) is 1. The van der Waals surface area contributed by atoms with E-state index in [1.807, 2.05) is 30.3 Å². The summed E-state index contributed by atoms with van der Waals surface area (Å²) in [5.41, 5.74) is 1.85.